The van der Waals surface area contributed by atoms with Crippen LogP contribution in [0, 0.1) is 5.92 Å². The van der Waals surface area contributed by atoms with Gasteiger partial charge in [0.25, 0.3) is 5.91 Å². The smallest absolute Gasteiger partial charge is 0.342 e. The number of fused-ring (bicyclic) bond motifs is 2. The predicted octanol–water partition coefficient (Wildman–Crippen LogP) is 5.29. The Kier molecular flexibility index (Phi) is 8.47. The van der Waals surface area contributed by atoms with Crippen molar-refractivity contribution >= 4 is 29.4 Å². The fourth-order valence-electron chi connectivity index (χ4n) is 8.09. The molecule has 0 radical (unpaired) electrons. The lowest BCUT2D eigenvalue weighted by molar-refractivity contribution is -0.162. The minimum absolute atomic E-state index is 0.0965. The Morgan fingerprint density at radius 2 is 1.47 bits per heavy atom. The van der Waals surface area contributed by atoms with E-state index in [-0.39, 0.29) is 31.9 Å². The summed E-state index contributed by atoms with van der Waals surface area (Å²) >= 11 is 0. The molecule has 7 rings (SSSR count). The maximum absolute atomic E-state index is 15.2. The molecule has 9 heteroatoms. The standard InChI is InChI=1S/C38H41N3O6/c42-34(40-23-29-17-8-7-15-27(29)21-33(40)35(43)44)32-20-19-31(26-13-5-2-6-14-26)41(32)36(45)38(22-28-16-9-10-18-30(28)39-38)37(46)47-24-25-11-3-1-4-12-25/h2,5-10,13-18,25,31-33,39H,1,3-4,11-12,19-24H2,(H,43,44)/t31-,32+,33?,38+/m0/s1. The van der Waals surface area contributed by atoms with Crippen molar-refractivity contribution in [2.24, 2.45) is 5.92 Å². The number of nitrogens with one attached hydrogen (secondary N) is 1. The molecule has 3 aromatic rings. The molecule has 244 valence electrons. The highest BCUT2D eigenvalue weighted by Gasteiger charge is 2.58. The molecule has 2 N–H and O–H groups in total. The molecule has 0 spiro atoms. The number of carbonyl (C=O) groups excluding carboxylic acids is 3. The van der Waals surface area contributed by atoms with Crippen molar-refractivity contribution in [1.82, 2.24) is 9.80 Å². The van der Waals surface area contributed by atoms with Gasteiger partial charge in [0, 0.05) is 25.1 Å². The van der Waals surface area contributed by atoms with Crippen molar-refractivity contribution in [3.63, 3.8) is 0 Å². The maximum atomic E-state index is 15.2. The molecule has 1 saturated carbocycles. The van der Waals surface area contributed by atoms with Crippen LogP contribution in [0.4, 0.5) is 5.69 Å². The number of para-hydroxylation sites is 1. The third-order valence-corrected chi connectivity index (χ3v) is 10.6. The maximum Gasteiger partial charge on any atom is 0.342 e. The van der Waals surface area contributed by atoms with Crippen LogP contribution in [0.3, 0.4) is 0 Å². The number of ether oxygens (including phenoxy) is 1. The summed E-state index contributed by atoms with van der Waals surface area (Å²) in [5, 5.41) is 13.5. The van der Waals surface area contributed by atoms with Crippen LogP contribution in [-0.2, 0) is 43.3 Å². The van der Waals surface area contributed by atoms with Gasteiger partial charge in [-0.1, -0.05) is 92.1 Å². The number of carboxylic acid groups (broad SMARTS) is 1. The summed E-state index contributed by atoms with van der Waals surface area (Å²) in [6.07, 6.45) is 6.49. The number of nitrogens with zero attached hydrogens (tertiary/aromatic N) is 2. The van der Waals surface area contributed by atoms with E-state index in [1.54, 1.807) is 4.90 Å². The first-order chi connectivity index (χ1) is 22.9. The number of benzene rings is 3. The number of anilines is 1. The van der Waals surface area contributed by atoms with E-state index in [1.165, 1.54) is 11.3 Å². The van der Waals surface area contributed by atoms with Crippen molar-refractivity contribution in [2.45, 2.75) is 88.0 Å². The molecule has 4 atom stereocenters. The molecule has 47 heavy (non-hydrogen) atoms. The van der Waals surface area contributed by atoms with Crippen molar-refractivity contribution in [2.75, 3.05) is 11.9 Å². The molecule has 9 nitrogen and oxygen atoms in total. The fraction of sp³-hybridized carbons (Fsp3) is 0.421. The molecule has 0 bridgehead atoms. The summed E-state index contributed by atoms with van der Waals surface area (Å²) in [7, 11) is 0. The number of likely N-dealkylation sites (tertiary alicyclic amines) is 1. The van der Waals surface area contributed by atoms with Crippen LogP contribution in [0.15, 0.2) is 78.9 Å². The van der Waals surface area contributed by atoms with Gasteiger partial charge >= 0.3 is 11.9 Å². The van der Waals surface area contributed by atoms with Crippen molar-refractivity contribution in [3.8, 4) is 0 Å². The molecular formula is C38H41N3O6. The summed E-state index contributed by atoms with van der Waals surface area (Å²) in [6, 6.07) is 22.1. The highest BCUT2D eigenvalue weighted by molar-refractivity contribution is 6.13. The summed E-state index contributed by atoms with van der Waals surface area (Å²) in [5.74, 6) is -2.39. The molecule has 1 unspecified atom stereocenters. The molecule has 4 aliphatic rings. The molecule has 2 amide bonds. The van der Waals surface area contributed by atoms with E-state index in [0.29, 0.717) is 18.5 Å². The molecule has 0 aromatic heterocycles. The first kappa shape index (κ1) is 31.0. The van der Waals surface area contributed by atoms with Gasteiger partial charge in [-0.3, -0.25) is 9.59 Å². The number of carbonyl (C=O) groups is 4. The van der Waals surface area contributed by atoms with Crippen LogP contribution < -0.4 is 5.32 Å². The summed E-state index contributed by atoms with van der Waals surface area (Å²) in [5.41, 5.74) is 2.41. The lowest BCUT2D eigenvalue weighted by atomic mass is 9.89. The van der Waals surface area contributed by atoms with Gasteiger partial charge in [0.2, 0.25) is 11.4 Å². The van der Waals surface area contributed by atoms with Crippen LogP contribution in [-0.4, -0.2) is 62.9 Å². The lowest BCUT2D eigenvalue weighted by Crippen LogP contribution is -2.63. The number of hydrogen-bond donors (Lipinski definition) is 2. The molecule has 1 saturated heterocycles. The number of carboxylic acids is 1. The number of aliphatic carboxylic acids is 1. The van der Waals surface area contributed by atoms with E-state index in [9.17, 15) is 19.5 Å². The van der Waals surface area contributed by atoms with Gasteiger partial charge in [-0.25, -0.2) is 9.59 Å². The van der Waals surface area contributed by atoms with E-state index in [2.05, 4.69) is 5.32 Å². The predicted molar refractivity (Wildman–Crippen MR) is 175 cm³/mol. The number of rotatable bonds is 7. The topological polar surface area (TPSA) is 116 Å². The summed E-state index contributed by atoms with van der Waals surface area (Å²) < 4.78 is 6.00. The van der Waals surface area contributed by atoms with Gasteiger partial charge in [0.05, 0.1) is 12.6 Å². The van der Waals surface area contributed by atoms with Crippen molar-refractivity contribution in [1.29, 1.82) is 0 Å². The van der Waals surface area contributed by atoms with Gasteiger partial charge in [0.15, 0.2) is 0 Å². The van der Waals surface area contributed by atoms with E-state index >= 15 is 4.79 Å². The van der Waals surface area contributed by atoms with Crippen LogP contribution in [0.25, 0.3) is 0 Å². The third kappa shape index (κ3) is 5.77. The normalized spacial score (nSPS) is 25.4. The van der Waals surface area contributed by atoms with Crippen LogP contribution in [0.1, 0.15) is 73.2 Å². The first-order valence-corrected chi connectivity index (χ1v) is 16.9. The largest absolute Gasteiger partial charge is 0.480 e. The Balaban J connectivity index is 1.25. The van der Waals surface area contributed by atoms with Crippen LogP contribution in [0.5, 0.6) is 0 Å². The molecule has 3 heterocycles. The Labute approximate surface area is 274 Å². The zero-order valence-corrected chi connectivity index (χ0v) is 26.5. The highest BCUT2D eigenvalue weighted by Crippen LogP contribution is 2.43. The van der Waals surface area contributed by atoms with E-state index < -0.39 is 47.4 Å². The molecule has 1 aliphatic carbocycles. The average molecular weight is 636 g/mol. The molecule has 2 fully saturated rings. The zero-order valence-electron chi connectivity index (χ0n) is 26.5. The fourth-order valence-corrected chi connectivity index (χ4v) is 8.09. The van der Waals surface area contributed by atoms with Crippen LogP contribution in [0.2, 0.25) is 0 Å². The third-order valence-electron chi connectivity index (χ3n) is 10.6. The zero-order chi connectivity index (χ0) is 32.5. The first-order valence-electron chi connectivity index (χ1n) is 16.9. The Hall–Kier alpha value is -4.66. The Morgan fingerprint density at radius 1 is 0.787 bits per heavy atom. The van der Waals surface area contributed by atoms with Crippen molar-refractivity contribution in [3.05, 3.63) is 101 Å². The number of esters is 1. The van der Waals surface area contributed by atoms with Gasteiger partial charge in [-0.05, 0) is 59.9 Å². The quantitative estimate of drug-likeness (QED) is 0.268. The highest BCUT2D eigenvalue weighted by atomic mass is 16.5. The minimum Gasteiger partial charge on any atom is -0.480 e. The van der Waals surface area contributed by atoms with Crippen LogP contribution >= 0.6 is 0 Å². The lowest BCUT2D eigenvalue weighted by Gasteiger charge is -2.41. The van der Waals surface area contributed by atoms with Gasteiger partial charge in [-0.15, -0.1) is 0 Å². The van der Waals surface area contributed by atoms with Crippen molar-refractivity contribution < 1.29 is 29.0 Å². The second kappa shape index (κ2) is 12.9. The van der Waals surface area contributed by atoms with Gasteiger partial charge in [-0.2, -0.15) is 0 Å². The average Bonchev–Trinajstić information content (AvgIpc) is 3.74. The van der Waals surface area contributed by atoms with E-state index in [1.807, 2.05) is 78.9 Å². The second-order valence-electron chi connectivity index (χ2n) is 13.5. The summed E-state index contributed by atoms with van der Waals surface area (Å²) in [4.78, 5) is 59.6. The monoisotopic (exact) mass is 635 g/mol. The molecule has 3 aliphatic heterocycles. The minimum atomic E-state index is -1.76. The van der Waals surface area contributed by atoms with E-state index in [4.69, 9.17) is 4.74 Å². The van der Waals surface area contributed by atoms with E-state index in [0.717, 1.165) is 47.9 Å². The SMILES string of the molecule is O=C(O)C1Cc2ccccc2CN1C(=O)[C@H]1CC[C@@H](c2ccccc2)N1C(=O)[C@@]1(C(=O)OCC2CCCCC2)Cc2ccccc2N1. The molecule has 3 aromatic carbocycles. The molecular weight excluding hydrogens is 594 g/mol. The summed E-state index contributed by atoms with van der Waals surface area (Å²) in [6.45, 7) is 0.391. The van der Waals surface area contributed by atoms with Gasteiger partial charge in [0.1, 0.15) is 12.1 Å². The van der Waals surface area contributed by atoms with Gasteiger partial charge < -0.3 is 25.0 Å². The Morgan fingerprint density at radius 3 is 2.19 bits per heavy atom. The number of hydrogen-bond acceptors (Lipinski definition) is 6. The Bertz CT molecular complexity index is 1640. The second-order valence-corrected chi connectivity index (χ2v) is 13.5. The number of amides is 2.